The maximum absolute atomic E-state index is 12.9. The van der Waals surface area contributed by atoms with Gasteiger partial charge in [-0.05, 0) is 96.3 Å². The Kier molecular flexibility index (Phi) is 58.3. The minimum atomic E-state index is -0.799. The van der Waals surface area contributed by atoms with Crippen LogP contribution in [0.4, 0.5) is 0 Å². The molecule has 0 aliphatic carbocycles. The molecule has 0 saturated heterocycles. The van der Waals surface area contributed by atoms with E-state index in [0.717, 1.165) is 122 Å². The molecule has 0 bridgehead atoms. The predicted octanol–water partition coefficient (Wildman–Crippen LogP) is 21.1. The molecule has 0 fully saturated rings. The van der Waals surface area contributed by atoms with Gasteiger partial charge in [-0.2, -0.15) is 0 Å². The second kappa shape index (κ2) is 61.1. The minimum absolute atomic E-state index is 0.0918. The van der Waals surface area contributed by atoms with E-state index >= 15 is 0 Å². The van der Waals surface area contributed by atoms with E-state index in [9.17, 15) is 14.4 Å². The maximum Gasteiger partial charge on any atom is 0.306 e. The molecule has 0 aromatic heterocycles. The van der Waals surface area contributed by atoms with Gasteiger partial charge in [-0.15, -0.1) is 0 Å². The zero-order chi connectivity index (χ0) is 52.9. The van der Waals surface area contributed by atoms with Crippen LogP contribution in [0.1, 0.15) is 303 Å². The average molecular weight is 1020 g/mol. The first-order valence-corrected chi connectivity index (χ1v) is 31.1. The first-order valence-electron chi connectivity index (χ1n) is 31.1. The van der Waals surface area contributed by atoms with Gasteiger partial charge in [-0.25, -0.2) is 0 Å². The van der Waals surface area contributed by atoms with Gasteiger partial charge >= 0.3 is 17.9 Å². The van der Waals surface area contributed by atoms with Crippen LogP contribution in [0, 0.1) is 0 Å². The fourth-order valence-corrected chi connectivity index (χ4v) is 8.74. The van der Waals surface area contributed by atoms with E-state index in [4.69, 9.17) is 14.2 Å². The van der Waals surface area contributed by atoms with E-state index in [1.165, 1.54) is 141 Å². The lowest BCUT2D eigenvalue weighted by Crippen LogP contribution is -2.30. The highest BCUT2D eigenvalue weighted by molar-refractivity contribution is 5.71. The number of rotatable bonds is 56. The third-order valence-electron chi connectivity index (χ3n) is 13.4. The van der Waals surface area contributed by atoms with E-state index in [1.807, 2.05) is 0 Å². The van der Waals surface area contributed by atoms with Crippen molar-refractivity contribution >= 4 is 17.9 Å². The number of esters is 3. The molecule has 0 aromatic rings. The molecule has 0 radical (unpaired) electrons. The van der Waals surface area contributed by atoms with Crippen molar-refractivity contribution in [3.63, 3.8) is 0 Å². The first kappa shape index (κ1) is 69.6. The van der Waals surface area contributed by atoms with Crippen molar-refractivity contribution in [1.82, 2.24) is 0 Å². The van der Waals surface area contributed by atoms with Crippen molar-refractivity contribution in [2.24, 2.45) is 0 Å². The second-order valence-corrected chi connectivity index (χ2v) is 20.6. The molecule has 73 heavy (non-hydrogen) atoms. The molecule has 0 aromatic carbocycles. The van der Waals surface area contributed by atoms with Gasteiger partial charge in [0.2, 0.25) is 0 Å². The van der Waals surface area contributed by atoms with Crippen LogP contribution in [0.3, 0.4) is 0 Å². The number of allylic oxidation sites excluding steroid dienone is 14. The Morgan fingerprint density at radius 1 is 0.288 bits per heavy atom. The lowest BCUT2D eigenvalue weighted by molar-refractivity contribution is -0.167. The number of carbonyl (C=O) groups excluding carboxylic acids is 3. The Balaban J connectivity index is 4.41. The van der Waals surface area contributed by atoms with Gasteiger partial charge in [0.25, 0.3) is 0 Å². The highest BCUT2D eigenvalue weighted by Crippen LogP contribution is 2.17. The van der Waals surface area contributed by atoms with Crippen molar-refractivity contribution in [1.29, 1.82) is 0 Å². The smallest absolute Gasteiger partial charge is 0.306 e. The molecule has 0 unspecified atom stereocenters. The normalized spacial score (nSPS) is 12.6. The van der Waals surface area contributed by atoms with Crippen LogP contribution in [0.25, 0.3) is 0 Å². The highest BCUT2D eigenvalue weighted by atomic mass is 16.6. The fraction of sp³-hybridized carbons (Fsp3) is 0.746. The van der Waals surface area contributed by atoms with Crippen molar-refractivity contribution in [3.8, 4) is 0 Å². The van der Waals surface area contributed by atoms with Gasteiger partial charge in [0.05, 0.1) is 0 Å². The van der Waals surface area contributed by atoms with Crippen LogP contribution < -0.4 is 0 Å². The molecule has 6 nitrogen and oxygen atoms in total. The molecule has 6 heteroatoms. The summed E-state index contributed by atoms with van der Waals surface area (Å²) in [6, 6.07) is 0. The molecular weight excluding hydrogens is 901 g/mol. The monoisotopic (exact) mass is 1020 g/mol. The number of hydrogen-bond donors (Lipinski definition) is 0. The summed E-state index contributed by atoms with van der Waals surface area (Å²) in [6.45, 7) is 6.49. The third kappa shape index (κ3) is 59.3. The van der Waals surface area contributed by atoms with E-state index < -0.39 is 6.10 Å². The highest BCUT2D eigenvalue weighted by Gasteiger charge is 2.19. The molecule has 0 saturated carbocycles. The van der Waals surface area contributed by atoms with E-state index in [2.05, 4.69) is 106 Å². The number of carbonyl (C=O) groups is 3. The summed E-state index contributed by atoms with van der Waals surface area (Å²) in [4.78, 5) is 38.3. The van der Waals surface area contributed by atoms with Gasteiger partial charge in [0.1, 0.15) is 13.2 Å². The summed E-state index contributed by atoms with van der Waals surface area (Å²) in [5.74, 6) is -0.927. The van der Waals surface area contributed by atoms with Gasteiger partial charge < -0.3 is 14.2 Å². The van der Waals surface area contributed by atoms with Gasteiger partial charge in [0, 0.05) is 19.3 Å². The maximum atomic E-state index is 12.9. The lowest BCUT2D eigenvalue weighted by Gasteiger charge is -2.18. The van der Waals surface area contributed by atoms with Crippen LogP contribution in [0.2, 0.25) is 0 Å². The van der Waals surface area contributed by atoms with Crippen LogP contribution >= 0.6 is 0 Å². The lowest BCUT2D eigenvalue weighted by atomic mass is 10.0. The Hall–Kier alpha value is -3.41. The van der Waals surface area contributed by atoms with E-state index in [1.54, 1.807) is 0 Å². The van der Waals surface area contributed by atoms with Gasteiger partial charge in [-0.3, -0.25) is 14.4 Å². The molecule has 0 aliphatic rings. The zero-order valence-corrected chi connectivity index (χ0v) is 48.1. The number of unbranched alkanes of at least 4 members (excludes halogenated alkanes) is 31. The molecule has 0 rings (SSSR count). The quantitative estimate of drug-likeness (QED) is 0.0261. The Morgan fingerprint density at radius 2 is 0.534 bits per heavy atom. The standard InChI is InChI=1S/C67H116O6/c1-4-7-10-13-16-19-22-25-28-31-32-33-34-37-39-42-45-48-51-54-57-60-66(69)72-63-64(73-67(70)61-58-55-52-49-46-43-40-36-30-27-24-21-18-15-12-9-6-3)62-71-65(68)59-56-53-50-47-44-41-38-35-29-26-23-20-17-14-11-8-5-2/h9,12,17-18,20-21,26-27,29-30,38,40-41,43,64H,4-8,10-11,13-16,19,22-25,28,31-37,39,42,44-63H2,1-3H3/b12-9-,20-17-,21-18-,29-26-,30-27-,41-38-,43-40-/t64-/m1/s1. The Bertz CT molecular complexity index is 1400. The molecule has 420 valence electrons. The SMILES string of the molecule is CC/C=C\C/C=C\C/C=C\C/C=C\CCCCCCC(=O)O[C@H](COC(=O)CCCCCC/C=C\C/C=C\C/C=C\CCCCC)COC(=O)CCCCCCCCCCCCCCCCCCCCCCC. The van der Waals surface area contributed by atoms with Crippen molar-refractivity contribution in [2.45, 2.75) is 309 Å². The predicted molar refractivity (Wildman–Crippen MR) is 316 cm³/mol. The van der Waals surface area contributed by atoms with E-state index in [-0.39, 0.29) is 31.1 Å². The van der Waals surface area contributed by atoms with Gasteiger partial charge in [-0.1, -0.05) is 273 Å². The van der Waals surface area contributed by atoms with Crippen molar-refractivity contribution < 1.29 is 28.6 Å². The second-order valence-electron chi connectivity index (χ2n) is 20.6. The Labute approximate surface area is 452 Å². The average Bonchev–Trinajstić information content (AvgIpc) is 3.39. The van der Waals surface area contributed by atoms with Gasteiger partial charge in [0.15, 0.2) is 6.10 Å². The number of ether oxygens (including phenoxy) is 3. The summed E-state index contributed by atoms with van der Waals surface area (Å²) in [5.41, 5.74) is 0. The molecule has 0 spiro atoms. The van der Waals surface area contributed by atoms with Crippen LogP contribution in [0.15, 0.2) is 85.1 Å². The fourth-order valence-electron chi connectivity index (χ4n) is 8.74. The molecule has 0 heterocycles. The van der Waals surface area contributed by atoms with Crippen LogP contribution in [-0.2, 0) is 28.6 Å². The topological polar surface area (TPSA) is 78.9 Å². The molecule has 1 atom stereocenters. The van der Waals surface area contributed by atoms with Crippen LogP contribution in [-0.4, -0.2) is 37.2 Å². The summed E-state index contributed by atoms with van der Waals surface area (Å²) in [7, 11) is 0. The molecular formula is C67H116O6. The Morgan fingerprint density at radius 3 is 0.863 bits per heavy atom. The largest absolute Gasteiger partial charge is 0.462 e. The van der Waals surface area contributed by atoms with E-state index in [0.29, 0.717) is 19.3 Å². The minimum Gasteiger partial charge on any atom is -0.462 e. The summed E-state index contributed by atoms with van der Waals surface area (Å²) in [5, 5.41) is 0. The first-order chi connectivity index (χ1) is 36.0. The third-order valence-corrected chi connectivity index (χ3v) is 13.4. The molecule has 0 amide bonds. The summed E-state index contributed by atoms with van der Waals surface area (Å²) < 4.78 is 16.9. The van der Waals surface area contributed by atoms with Crippen LogP contribution in [0.5, 0.6) is 0 Å². The van der Waals surface area contributed by atoms with Crippen molar-refractivity contribution in [3.05, 3.63) is 85.1 Å². The summed E-state index contributed by atoms with van der Waals surface area (Å²) >= 11 is 0. The molecule has 0 N–H and O–H groups in total. The number of hydrogen-bond acceptors (Lipinski definition) is 6. The van der Waals surface area contributed by atoms with Crippen molar-refractivity contribution in [2.75, 3.05) is 13.2 Å². The molecule has 0 aliphatic heterocycles. The zero-order valence-electron chi connectivity index (χ0n) is 48.1. The summed E-state index contributed by atoms with van der Waals surface area (Å²) in [6.07, 6.45) is 80.1.